The summed E-state index contributed by atoms with van der Waals surface area (Å²) >= 11 is 0. The van der Waals surface area contributed by atoms with Crippen LogP contribution in [-0.4, -0.2) is 15.9 Å². The van der Waals surface area contributed by atoms with Gasteiger partial charge in [0.15, 0.2) is 0 Å². The smallest absolute Gasteiger partial charge is 0.211 e. The highest BCUT2D eigenvalue weighted by Gasteiger charge is 2.12. The standard InChI is InChI=1S/C13H26F2Si/c14-13(15)10-6-1-2-7-11-16-12-8-4-3-5-9-12/h12-13H,1-11,16H2. The lowest BCUT2D eigenvalue weighted by molar-refractivity contribution is 0.134. The van der Waals surface area contributed by atoms with Crippen LogP contribution in [0.4, 0.5) is 8.78 Å². The molecule has 0 amide bonds. The van der Waals surface area contributed by atoms with Crippen molar-refractivity contribution in [1.82, 2.24) is 0 Å². The SMILES string of the molecule is FC(F)CCCCCC[SiH2]C1CCCCC1. The zero-order valence-corrected chi connectivity index (χ0v) is 11.8. The van der Waals surface area contributed by atoms with Crippen LogP contribution in [0.2, 0.25) is 11.6 Å². The minimum absolute atomic E-state index is 0.111. The predicted octanol–water partition coefficient (Wildman–Crippen LogP) is 4.54. The molecule has 1 rings (SSSR count). The fourth-order valence-corrected chi connectivity index (χ4v) is 5.11. The van der Waals surface area contributed by atoms with E-state index < -0.39 is 6.43 Å². The number of hydrogen-bond acceptors (Lipinski definition) is 0. The van der Waals surface area contributed by atoms with Crippen LogP contribution in [0.3, 0.4) is 0 Å². The minimum atomic E-state index is -2.09. The molecule has 1 aliphatic rings. The number of unbranched alkanes of at least 4 members (excludes halogenated alkanes) is 3. The topological polar surface area (TPSA) is 0 Å². The van der Waals surface area contributed by atoms with Crippen molar-refractivity contribution in [2.45, 2.75) is 82.2 Å². The zero-order chi connectivity index (χ0) is 11.6. The van der Waals surface area contributed by atoms with Crippen LogP contribution < -0.4 is 0 Å². The summed E-state index contributed by atoms with van der Waals surface area (Å²) in [5, 5.41) is 0. The molecule has 0 radical (unpaired) electrons. The van der Waals surface area contributed by atoms with Crippen LogP contribution in [0, 0.1) is 0 Å². The molecular weight excluding hydrogens is 222 g/mol. The van der Waals surface area contributed by atoms with Crippen molar-refractivity contribution in [3.05, 3.63) is 0 Å². The third kappa shape index (κ3) is 7.37. The molecule has 1 fully saturated rings. The van der Waals surface area contributed by atoms with Gasteiger partial charge in [0.25, 0.3) is 0 Å². The number of rotatable bonds is 8. The first-order valence-electron chi connectivity index (χ1n) is 7.07. The van der Waals surface area contributed by atoms with Crippen molar-refractivity contribution >= 4 is 9.52 Å². The van der Waals surface area contributed by atoms with E-state index in [4.69, 9.17) is 0 Å². The molecule has 0 aliphatic heterocycles. The Bertz CT molecular complexity index is 156. The highest BCUT2D eigenvalue weighted by atomic mass is 28.2. The van der Waals surface area contributed by atoms with Gasteiger partial charge in [-0.25, -0.2) is 8.78 Å². The van der Waals surface area contributed by atoms with Crippen LogP contribution in [-0.2, 0) is 0 Å². The normalized spacial score (nSPS) is 18.9. The van der Waals surface area contributed by atoms with Gasteiger partial charge in [-0.15, -0.1) is 0 Å². The molecular formula is C13H26F2Si. The van der Waals surface area contributed by atoms with E-state index >= 15 is 0 Å². The molecule has 0 spiro atoms. The molecule has 0 aromatic heterocycles. The van der Waals surface area contributed by atoms with Crippen LogP contribution >= 0.6 is 0 Å². The molecule has 0 nitrogen and oxygen atoms in total. The monoisotopic (exact) mass is 248 g/mol. The van der Waals surface area contributed by atoms with E-state index in [1.807, 2.05) is 0 Å². The van der Waals surface area contributed by atoms with Gasteiger partial charge in [0.2, 0.25) is 6.43 Å². The van der Waals surface area contributed by atoms with Gasteiger partial charge in [-0.1, -0.05) is 63.0 Å². The van der Waals surface area contributed by atoms with Crippen LogP contribution in [0.5, 0.6) is 0 Å². The molecule has 1 aliphatic carbocycles. The van der Waals surface area contributed by atoms with E-state index in [0.29, 0.717) is 0 Å². The predicted molar refractivity (Wildman–Crippen MR) is 69.3 cm³/mol. The summed E-state index contributed by atoms with van der Waals surface area (Å²) in [4.78, 5) is 0. The molecule has 0 unspecified atom stereocenters. The molecule has 0 heterocycles. The van der Waals surface area contributed by atoms with E-state index in [1.54, 1.807) is 0 Å². The van der Waals surface area contributed by atoms with Crippen molar-refractivity contribution in [2.75, 3.05) is 0 Å². The lowest BCUT2D eigenvalue weighted by Gasteiger charge is -2.20. The van der Waals surface area contributed by atoms with Gasteiger partial charge in [0.05, 0.1) is 0 Å². The highest BCUT2D eigenvalue weighted by molar-refractivity contribution is 6.37. The Labute approximate surface area is 101 Å². The van der Waals surface area contributed by atoms with Crippen molar-refractivity contribution in [3.63, 3.8) is 0 Å². The Hall–Kier alpha value is 0.0769. The van der Waals surface area contributed by atoms with E-state index in [2.05, 4.69) is 0 Å². The number of halogens is 2. The Morgan fingerprint density at radius 3 is 2.31 bits per heavy atom. The Morgan fingerprint density at radius 2 is 1.62 bits per heavy atom. The summed E-state index contributed by atoms with van der Waals surface area (Å²) in [6.45, 7) is 0. The van der Waals surface area contributed by atoms with E-state index in [1.165, 1.54) is 51.0 Å². The second-order valence-corrected chi connectivity index (χ2v) is 7.68. The summed E-state index contributed by atoms with van der Waals surface area (Å²) < 4.78 is 23.7. The largest absolute Gasteiger partial charge is 0.238 e. The molecule has 3 heteroatoms. The molecule has 0 aromatic rings. The van der Waals surface area contributed by atoms with Crippen molar-refractivity contribution in [3.8, 4) is 0 Å². The fraction of sp³-hybridized carbons (Fsp3) is 1.00. The minimum Gasteiger partial charge on any atom is -0.211 e. The summed E-state index contributed by atoms with van der Waals surface area (Å²) in [7, 11) is 0.167. The van der Waals surface area contributed by atoms with Crippen LogP contribution in [0.15, 0.2) is 0 Å². The molecule has 16 heavy (non-hydrogen) atoms. The summed E-state index contributed by atoms with van der Waals surface area (Å²) in [6, 6.07) is 1.46. The third-order valence-electron chi connectivity index (χ3n) is 3.76. The van der Waals surface area contributed by atoms with E-state index in [0.717, 1.165) is 18.4 Å². The number of alkyl halides is 2. The number of hydrogen-bond donors (Lipinski definition) is 0. The maximum Gasteiger partial charge on any atom is 0.238 e. The van der Waals surface area contributed by atoms with Crippen molar-refractivity contribution < 1.29 is 8.78 Å². The van der Waals surface area contributed by atoms with E-state index in [9.17, 15) is 8.78 Å². The maximum atomic E-state index is 11.9. The summed E-state index contributed by atoms with van der Waals surface area (Å²) in [6.07, 6.45) is 9.65. The maximum absolute atomic E-state index is 11.9. The molecule has 1 saturated carbocycles. The molecule has 0 bridgehead atoms. The summed E-state index contributed by atoms with van der Waals surface area (Å²) in [5.41, 5.74) is 1.12. The first-order valence-corrected chi connectivity index (χ1v) is 8.89. The Morgan fingerprint density at radius 1 is 0.938 bits per heavy atom. The first-order chi connectivity index (χ1) is 7.79. The van der Waals surface area contributed by atoms with Crippen LogP contribution in [0.25, 0.3) is 0 Å². The van der Waals surface area contributed by atoms with Gasteiger partial charge in [-0.05, 0) is 6.42 Å². The van der Waals surface area contributed by atoms with Crippen molar-refractivity contribution in [2.24, 2.45) is 0 Å². The lowest BCUT2D eigenvalue weighted by atomic mass is 10.0. The van der Waals surface area contributed by atoms with Gasteiger partial charge in [0, 0.05) is 15.9 Å². The van der Waals surface area contributed by atoms with E-state index in [-0.39, 0.29) is 15.9 Å². The van der Waals surface area contributed by atoms with Crippen molar-refractivity contribution in [1.29, 1.82) is 0 Å². The molecule has 96 valence electrons. The van der Waals surface area contributed by atoms with Gasteiger partial charge in [-0.3, -0.25) is 0 Å². The molecule has 0 N–H and O–H groups in total. The lowest BCUT2D eigenvalue weighted by Crippen LogP contribution is -2.07. The summed E-state index contributed by atoms with van der Waals surface area (Å²) in [5.74, 6) is 0. The highest BCUT2D eigenvalue weighted by Crippen LogP contribution is 2.28. The Balaban J connectivity index is 1.80. The Kier molecular flexibility index (Phi) is 8.08. The van der Waals surface area contributed by atoms with Gasteiger partial charge < -0.3 is 0 Å². The molecule has 0 saturated heterocycles. The fourth-order valence-electron chi connectivity index (χ4n) is 2.74. The average molecular weight is 248 g/mol. The van der Waals surface area contributed by atoms with Gasteiger partial charge in [0.1, 0.15) is 0 Å². The van der Waals surface area contributed by atoms with Crippen LogP contribution in [0.1, 0.15) is 64.2 Å². The molecule has 0 aromatic carbocycles. The van der Waals surface area contributed by atoms with Gasteiger partial charge in [-0.2, -0.15) is 0 Å². The zero-order valence-electron chi connectivity index (χ0n) is 10.4. The third-order valence-corrected chi connectivity index (χ3v) is 6.30. The molecule has 0 atom stereocenters. The quantitative estimate of drug-likeness (QED) is 0.437. The van der Waals surface area contributed by atoms with Gasteiger partial charge >= 0.3 is 0 Å². The first kappa shape index (κ1) is 14.1. The second kappa shape index (κ2) is 9.14. The second-order valence-electron chi connectivity index (χ2n) is 5.24. The average Bonchev–Trinajstić information content (AvgIpc) is 2.29.